The number of halogens is 1. The average Bonchev–Trinajstić information content (AvgIpc) is 3.23. The minimum absolute atomic E-state index is 0.0292. The summed E-state index contributed by atoms with van der Waals surface area (Å²) in [5.41, 5.74) is 1.05. The number of sulfonamides is 1. The van der Waals surface area contributed by atoms with E-state index in [2.05, 4.69) is 5.32 Å². The van der Waals surface area contributed by atoms with Gasteiger partial charge in [0.15, 0.2) is 11.5 Å². The van der Waals surface area contributed by atoms with Gasteiger partial charge in [0.05, 0.1) is 21.2 Å². The van der Waals surface area contributed by atoms with Crippen LogP contribution in [-0.2, 0) is 10.0 Å². The van der Waals surface area contributed by atoms with Crippen molar-refractivity contribution in [2.75, 3.05) is 23.0 Å². The topological polar surface area (TPSA) is 84.9 Å². The van der Waals surface area contributed by atoms with Gasteiger partial charge in [0.1, 0.15) is 0 Å². The molecule has 0 saturated heterocycles. The molecule has 0 unspecified atom stereocenters. The van der Waals surface area contributed by atoms with Gasteiger partial charge in [0.25, 0.3) is 15.9 Å². The van der Waals surface area contributed by atoms with Crippen molar-refractivity contribution < 1.29 is 22.7 Å². The van der Waals surface area contributed by atoms with Gasteiger partial charge in [-0.1, -0.05) is 29.8 Å². The van der Waals surface area contributed by atoms with Crippen LogP contribution in [0.2, 0.25) is 5.02 Å². The van der Waals surface area contributed by atoms with Gasteiger partial charge >= 0.3 is 0 Å². The van der Waals surface area contributed by atoms with Crippen molar-refractivity contribution >= 4 is 38.9 Å². The van der Waals surface area contributed by atoms with E-state index in [0.29, 0.717) is 22.9 Å². The van der Waals surface area contributed by atoms with Crippen molar-refractivity contribution in [3.63, 3.8) is 0 Å². The van der Waals surface area contributed by atoms with Crippen LogP contribution in [0.1, 0.15) is 17.3 Å². The fourth-order valence-corrected chi connectivity index (χ4v) is 4.93. The maximum atomic E-state index is 13.3. The SMILES string of the molecule is CCN(c1ccccc1)S(=O)(=O)c1ccc(Cl)c(C(=O)Nc2ccc3c(c2)OCO3)c1. The molecule has 7 nitrogen and oxygen atoms in total. The molecule has 3 aromatic carbocycles. The number of benzene rings is 3. The smallest absolute Gasteiger partial charge is 0.264 e. The van der Waals surface area contributed by atoms with Gasteiger partial charge in [-0.25, -0.2) is 8.42 Å². The van der Waals surface area contributed by atoms with Crippen LogP contribution in [0.3, 0.4) is 0 Å². The standard InChI is InChI=1S/C22H19ClN2O5S/c1-2-25(16-6-4-3-5-7-16)31(27,28)17-9-10-19(23)18(13-17)22(26)24-15-8-11-20-21(12-15)30-14-29-20/h3-13H,2,14H2,1H3,(H,24,26). The number of hydrogen-bond donors (Lipinski definition) is 1. The first kappa shape index (κ1) is 21.0. The minimum Gasteiger partial charge on any atom is -0.454 e. The van der Waals surface area contributed by atoms with Gasteiger partial charge < -0.3 is 14.8 Å². The van der Waals surface area contributed by atoms with E-state index in [0.717, 1.165) is 0 Å². The molecule has 4 rings (SSSR count). The van der Waals surface area contributed by atoms with Crippen LogP contribution in [0.4, 0.5) is 11.4 Å². The minimum atomic E-state index is -3.90. The number of anilines is 2. The van der Waals surface area contributed by atoms with E-state index in [9.17, 15) is 13.2 Å². The number of fused-ring (bicyclic) bond motifs is 1. The number of carbonyl (C=O) groups is 1. The van der Waals surface area contributed by atoms with E-state index in [1.807, 2.05) is 6.07 Å². The number of ether oxygens (including phenoxy) is 2. The monoisotopic (exact) mass is 458 g/mol. The highest BCUT2D eigenvalue weighted by molar-refractivity contribution is 7.92. The number of amides is 1. The molecule has 0 saturated carbocycles. The molecule has 0 radical (unpaired) electrons. The van der Waals surface area contributed by atoms with Crippen molar-refractivity contribution in [3.8, 4) is 11.5 Å². The molecule has 1 amide bonds. The molecular formula is C22H19ClN2O5S. The van der Waals surface area contributed by atoms with Crippen molar-refractivity contribution in [3.05, 3.63) is 77.3 Å². The van der Waals surface area contributed by atoms with Crippen LogP contribution < -0.4 is 19.1 Å². The average molecular weight is 459 g/mol. The number of nitrogens with one attached hydrogen (secondary N) is 1. The first-order valence-electron chi connectivity index (χ1n) is 9.48. The number of hydrogen-bond acceptors (Lipinski definition) is 5. The second kappa shape index (κ2) is 8.49. The molecule has 31 heavy (non-hydrogen) atoms. The summed E-state index contributed by atoms with van der Waals surface area (Å²) < 4.78 is 38.4. The Morgan fingerprint density at radius 1 is 1.03 bits per heavy atom. The first-order valence-corrected chi connectivity index (χ1v) is 11.3. The van der Waals surface area contributed by atoms with Gasteiger partial charge in [0.2, 0.25) is 6.79 Å². The molecule has 0 aromatic heterocycles. The summed E-state index contributed by atoms with van der Waals surface area (Å²) in [5.74, 6) is 0.565. The van der Waals surface area contributed by atoms with Crippen LogP contribution >= 0.6 is 11.6 Å². The normalized spacial score (nSPS) is 12.5. The highest BCUT2D eigenvalue weighted by Gasteiger charge is 2.25. The van der Waals surface area contributed by atoms with Crippen molar-refractivity contribution in [1.82, 2.24) is 0 Å². The highest BCUT2D eigenvalue weighted by atomic mass is 35.5. The largest absolute Gasteiger partial charge is 0.454 e. The molecule has 1 aliphatic rings. The molecule has 0 bridgehead atoms. The van der Waals surface area contributed by atoms with Crippen LogP contribution in [0.15, 0.2) is 71.6 Å². The summed E-state index contributed by atoms with van der Waals surface area (Å²) in [6, 6.07) is 17.8. The van der Waals surface area contributed by atoms with Gasteiger partial charge in [-0.15, -0.1) is 0 Å². The summed E-state index contributed by atoms with van der Waals surface area (Å²) >= 11 is 6.22. The van der Waals surface area contributed by atoms with Crippen LogP contribution in [0.5, 0.6) is 11.5 Å². The van der Waals surface area contributed by atoms with Crippen molar-refractivity contribution in [1.29, 1.82) is 0 Å². The van der Waals surface area contributed by atoms with Crippen molar-refractivity contribution in [2.45, 2.75) is 11.8 Å². The third-order valence-corrected chi connectivity index (χ3v) is 6.96. The second-order valence-corrected chi connectivity index (χ2v) is 8.94. The lowest BCUT2D eigenvalue weighted by Gasteiger charge is -2.23. The summed E-state index contributed by atoms with van der Waals surface area (Å²) in [4.78, 5) is 12.8. The summed E-state index contributed by atoms with van der Waals surface area (Å²) in [7, 11) is -3.90. The highest BCUT2D eigenvalue weighted by Crippen LogP contribution is 2.34. The Balaban J connectivity index is 1.64. The van der Waals surface area contributed by atoms with Gasteiger partial charge in [-0.05, 0) is 49.4 Å². The van der Waals surface area contributed by atoms with Crippen LogP contribution in [-0.4, -0.2) is 27.7 Å². The molecule has 3 aromatic rings. The molecular weight excluding hydrogens is 440 g/mol. The molecule has 0 aliphatic carbocycles. The number of carbonyl (C=O) groups excluding carboxylic acids is 1. The fraction of sp³-hybridized carbons (Fsp3) is 0.136. The van der Waals surface area contributed by atoms with Gasteiger partial charge in [0, 0.05) is 18.3 Å². The molecule has 160 valence electrons. The van der Waals surface area contributed by atoms with Crippen LogP contribution in [0, 0.1) is 0 Å². The molecule has 1 heterocycles. The number of rotatable bonds is 6. The third-order valence-electron chi connectivity index (χ3n) is 4.73. The van der Waals surface area contributed by atoms with Gasteiger partial charge in [-0.2, -0.15) is 0 Å². The summed E-state index contributed by atoms with van der Waals surface area (Å²) in [5, 5.41) is 2.85. The zero-order valence-corrected chi connectivity index (χ0v) is 18.1. The van der Waals surface area contributed by atoms with E-state index in [4.69, 9.17) is 21.1 Å². The zero-order valence-electron chi connectivity index (χ0n) is 16.5. The Labute approximate surface area is 185 Å². The predicted octanol–water partition coefficient (Wildman–Crippen LogP) is 4.54. The molecule has 0 fully saturated rings. The fourth-order valence-electron chi connectivity index (χ4n) is 3.22. The number of nitrogens with zero attached hydrogens (tertiary/aromatic N) is 1. The Hall–Kier alpha value is -3.23. The van der Waals surface area contributed by atoms with E-state index < -0.39 is 15.9 Å². The summed E-state index contributed by atoms with van der Waals surface area (Å²) in [6.07, 6.45) is 0. The lowest BCUT2D eigenvalue weighted by atomic mass is 10.2. The van der Waals surface area contributed by atoms with E-state index in [1.165, 1.54) is 22.5 Å². The molecule has 0 atom stereocenters. The van der Waals surface area contributed by atoms with E-state index >= 15 is 0 Å². The Morgan fingerprint density at radius 2 is 1.77 bits per heavy atom. The van der Waals surface area contributed by atoms with E-state index in [-0.39, 0.29) is 28.8 Å². The number of para-hydroxylation sites is 1. The maximum Gasteiger partial charge on any atom is 0.264 e. The first-order chi connectivity index (χ1) is 14.9. The summed E-state index contributed by atoms with van der Waals surface area (Å²) in [6.45, 7) is 2.09. The molecule has 9 heteroatoms. The van der Waals surface area contributed by atoms with Gasteiger partial charge in [-0.3, -0.25) is 9.10 Å². The van der Waals surface area contributed by atoms with Crippen molar-refractivity contribution in [2.24, 2.45) is 0 Å². The second-order valence-electron chi connectivity index (χ2n) is 6.67. The predicted molar refractivity (Wildman–Crippen MR) is 119 cm³/mol. The zero-order chi connectivity index (χ0) is 22.0. The van der Waals surface area contributed by atoms with Crippen LogP contribution in [0.25, 0.3) is 0 Å². The maximum absolute atomic E-state index is 13.3. The quantitative estimate of drug-likeness (QED) is 0.586. The molecule has 1 aliphatic heterocycles. The Kier molecular flexibility index (Phi) is 5.75. The Bertz CT molecular complexity index is 1230. The lowest BCUT2D eigenvalue weighted by Crippen LogP contribution is -2.31. The molecule has 0 spiro atoms. The Morgan fingerprint density at radius 3 is 2.52 bits per heavy atom. The molecule has 1 N–H and O–H groups in total. The lowest BCUT2D eigenvalue weighted by molar-refractivity contribution is 0.102. The third kappa shape index (κ3) is 4.17. The van der Waals surface area contributed by atoms with E-state index in [1.54, 1.807) is 49.4 Å².